The van der Waals surface area contributed by atoms with Crippen molar-refractivity contribution in [3.8, 4) is 0 Å². The first-order valence-corrected chi connectivity index (χ1v) is 5.14. The lowest BCUT2D eigenvalue weighted by atomic mass is 9.86. The summed E-state index contributed by atoms with van der Waals surface area (Å²) in [5.41, 5.74) is 1.73. The van der Waals surface area contributed by atoms with E-state index < -0.39 is 6.17 Å². The second-order valence-electron chi connectivity index (χ2n) is 4.60. The molecule has 0 N–H and O–H groups in total. The van der Waals surface area contributed by atoms with Crippen LogP contribution in [0.25, 0.3) is 0 Å². The highest BCUT2D eigenvalue weighted by atomic mass is 35.5. The van der Waals surface area contributed by atoms with Crippen molar-refractivity contribution in [2.24, 2.45) is 0 Å². The Hall–Kier alpha value is -0.560. The van der Waals surface area contributed by atoms with Gasteiger partial charge in [0.05, 0.1) is 0 Å². The molecule has 0 spiro atoms. The highest BCUT2D eigenvalue weighted by Gasteiger charge is 2.16. The Morgan fingerprint density at radius 2 is 1.86 bits per heavy atom. The summed E-state index contributed by atoms with van der Waals surface area (Å²) in [7, 11) is 0. The minimum absolute atomic E-state index is 0.0359. The summed E-state index contributed by atoms with van der Waals surface area (Å²) in [6, 6.07) is 5.58. The van der Waals surface area contributed by atoms with Crippen molar-refractivity contribution in [2.75, 3.05) is 0 Å². The van der Waals surface area contributed by atoms with E-state index in [1.807, 2.05) is 12.1 Å². The first kappa shape index (κ1) is 11.5. The van der Waals surface area contributed by atoms with Gasteiger partial charge >= 0.3 is 0 Å². The molecule has 78 valence electrons. The van der Waals surface area contributed by atoms with Crippen LogP contribution in [-0.4, -0.2) is 0 Å². The van der Waals surface area contributed by atoms with E-state index in [4.69, 9.17) is 11.6 Å². The van der Waals surface area contributed by atoms with Crippen molar-refractivity contribution < 1.29 is 4.39 Å². The van der Waals surface area contributed by atoms with Crippen LogP contribution in [-0.2, 0) is 5.41 Å². The van der Waals surface area contributed by atoms with E-state index in [0.717, 1.165) is 5.56 Å². The smallest absolute Gasteiger partial charge is 0.124 e. The molecule has 1 unspecified atom stereocenters. The molecule has 0 bridgehead atoms. The number of benzene rings is 1. The molecule has 0 amide bonds. The number of hydrogen-bond acceptors (Lipinski definition) is 0. The Bertz CT molecular complexity index is 324. The molecule has 0 aliphatic carbocycles. The quantitative estimate of drug-likeness (QED) is 0.638. The zero-order valence-electron chi connectivity index (χ0n) is 9.07. The number of alkyl halides is 1. The topological polar surface area (TPSA) is 0 Å². The van der Waals surface area contributed by atoms with Gasteiger partial charge in [0.25, 0.3) is 0 Å². The fourth-order valence-corrected chi connectivity index (χ4v) is 1.58. The average molecular weight is 215 g/mol. The molecule has 1 atom stereocenters. The molecule has 1 aromatic carbocycles. The minimum atomic E-state index is -1.01. The molecule has 0 saturated heterocycles. The maximum atomic E-state index is 13.2. The van der Waals surface area contributed by atoms with Gasteiger partial charge in [0, 0.05) is 10.6 Å². The van der Waals surface area contributed by atoms with Crippen molar-refractivity contribution in [3.05, 3.63) is 34.3 Å². The molecular formula is C12H16ClF. The van der Waals surface area contributed by atoms with Gasteiger partial charge in [-0.3, -0.25) is 0 Å². The Labute approximate surface area is 90.1 Å². The van der Waals surface area contributed by atoms with Crippen LogP contribution in [0, 0.1) is 0 Å². The van der Waals surface area contributed by atoms with Crippen molar-refractivity contribution in [1.29, 1.82) is 0 Å². The predicted molar refractivity (Wildman–Crippen MR) is 59.7 cm³/mol. The van der Waals surface area contributed by atoms with Crippen LogP contribution < -0.4 is 0 Å². The van der Waals surface area contributed by atoms with Crippen molar-refractivity contribution in [2.45, 2.75) is 39.3 Å². The second kappa shape index (κ2) is 3.90. The number of hydrogen-bond donors (Lipinski definition) is 0. The third kappa shape index (κ3) is 2.48. The third-order valence-corrected chi connectivity index (χ3v) is 2.63. The Kier molecular flexibility index (Phi) is 3.20. The van der Waals surface area contributed by atoms with Gasteiger partial charge in [0.2, 0.25) is 0 Å². The third-order valence-electron chi connectivity index (χ3n) is 2.29. The highest BCUT2D eigenvalue weighted by Crippen LogP contribution is 2.31. The molecule has 14 heavy (non-hydrogen) atoms. The first-order valence-electron chi connectivity index (χ1n) is 4.76. The molecule has 0 saturated carbocycles. The summed E-state index contributed by atoms with van der Waals surface area (Å²) in [6.45, 7) is 7.81. The van der Waals surface area contributed by atoms with Crippen LogP contribution in [0.5, 0.6) is 0 Å². The molecule has 0 aliphatic heterocycles. The monoisotopic (exact) mass is 214 g/mol. The molecule has 0 nitrogen and oxygen atoms in total. The highest BCUT2D eigenvalue weighted by molar-refractivity contribution is 6.31. The zero-order valence-corrected chi connectivity index (χ0v) is 9.82. The lowest BCUT2D eigenvalue weighted by molar-refractivity contribution is 0.373. The van der Waals surface area contributed by atoms with Crippen LogP contribution in [0.3, 0.4) is 0 Å². The second-order valence-corrected chi connectivity index (χ2v) is 5.01. The average Bonchev–Trinajstić information content (AvgIpc) is 2.02. The van der Waals surface area contributed by atoms with Gasteiger partial charge in [-0.25, -0.2) is 4.39 Å². The summed E-state index contributed by atoms with van der Waals surface area (Å²) < 4.78 is 13.2. The molecule has 0 radical (unpaired) electrons. The van der Waals surface area contributed by atoms with Gasteiger partial charge in [-0.05, 0) is 24.0 Å². The maximum absolute atomic E-state index is 13.2. The molecule has 0 aliphatic rings. The summed E-state index contributed by atoms with van der Waals surface area (Å²) >= 11 is 5.90. The Morgan fingerprint density at radius 1 is 1.29 bits per heavy atom. The Morgan fingerprint density at radius 3 is 2.29 bits per heavy atom. The lowest BCUT2D eigenvalue weighted by Gasteiger charge is -2.20. The molecule has 1 rings (SSSR count). The van der Waals surface area contributed by atoms with E-state index in [1.54, 1.807) is 6.07 Å². The van der Waals surface area contributed by atoms with Crippen LogP contribution in [0.15, 0.2) is 18.2 Å². The van der Waals surface area contributed by atoms with Gasteiger partial charge in [0.1, 0.15) is 6.17 Å². The van der Waals surface area contributed by atoms with Gasteiger partial charge in [0.15, 0.2) is 0 Å². The van der Waals surface area contributed by atoms with Gasteiger partial charge < -0.3 is 0 Å². The summed E-state index contributed by atoms with van der Waals surface area (Å²) in [5, 5.41) is 0.507. The predicted octanol–water partition coefficient (Wildman–Crippen LogP) is 4.67. The van der Waals surface area contributed by atoms with Gasteiger partial charge in [-0.2, -0.15) is 0 Å². The molecule has 1 aromatic rings. The Balaban J connectivity index is 3.20. The summed E-state index contributed by atoms with van der Waals surface area (Å²) in [6.07, 6.45) is -1.01. The zero-order chi connectivity index (χ0) is 10.9. The lowest BCUT2D eigenvalue weighted by Crippen LogP contribution is -2.11. The maximum Gasteiger partial charge on any atom is 0.124 e. The van der Waals surface area contributed by atoms with Crippen molar-refractivity contribution in [1.82, 2.24) is 0 Å². The summed E-state index contributed by atoms with van der Waals surface area (Å²) in [5.74, 6) is 0. The standard InChI is InChI=1S/C12H16ClF/c1-8(14)10-7-9(12(2,3)4)5-6-11(10)13/h5-8H,1-4H3. The number of halogens is 2. The van der Waals surface area contributed by atoms with Crippen molar-refractivity contribution >= 4 is 11.6 Å². The van der Waals surface area contributed by atoms with E-state index >= 15 is 0 Å². The van der Waals surface area contributed by atoms with E-state index in [1.165, 1.54) is 6.92 Å². The SMILES string of the molecule is CC(F)c1cc(C(C)(C)C)ccc1Cl. The van der Waals surface area contributed by atoms with E-state index in [9.17, 15) is 4.39 Å². The first-order chi connectivity index (χ1) is 6.32. The molecule has 2 heteroatoms. The largest absolute Gasteiger partial charge is 0.243 e. The normalized spacial score (nSPS) is 14.1. The number of rotatable bonds is 1. The fourth-order valence-electron chi connectivity index (χ4n) is 1.32. The minimum Gasteiger partial charge on any atom is -0.243 e. The summed E-state index contributed by atoms with van der Waals surface area (Å²) in [4.78, 5) is 0. The van der Waals surface area contributed by atoms with Gasteiger partial charge in [-0.1, -0.05) is 44.5 Å². The van der Waals surface area contributed by atoms with Crippen LogP contribution >= 0.6 is 11.6 Å². The molecule has 0 aromatic heterocycles. The molecule has 0 heterocycles. The molecular weight excluding hydrogens is 199 g/mol. The van der Waals surface area contributed by atoms with E-state index in [-0.39, 0.29) is 5.41 Å². The van der Waals surface area contributed by atoms with E-state index in [0.29, 0.717) is 10.6 Å². The van der Waals surface area contributed by atoms with E-state index in [2.05, 4.69) is 20.8 Å². The van der Waals surface area contributed by atoms with Crippen LogP contribution in [0.2, 0.25) is 5.02 Å². The van der Waals surface area contributed by atoms with Crippen LogP contribution in [0.4, 0.5) is 4.39 Å². The van der Waals surface area contributed by atoms with Crippen LogP contribution in [0.1, 0.15) is 45.0 Å². The fraction of sp³-hybridized carbons (Fsp3) is 0.500. The molecule has 0 fully saturated rings. The van der Waals surface area contributed by atoms with Crippen molar-refractivity contribution in [3.63, 3.8) is 0 Å². The van der Waals surface area contributed by atoms with Gasteiger partial charge in [-0.15, -0.1) is 0 Å².